The van der Waals surface area contributed by atoms with Gasteiger partial charge in [-0.1, -0.05) is 30.3 Å². The molecule has 2 heterocycles. The van der Waals surface area contributed by atoms with Crippen molar-refractivity contribution in [2.45, 2.75) is 13.0 Å². The van der Waals surface area contributed by atoms with Crippen molar-refractivity contribution in [3.63, 3.8) is 0 Å². The van der Waals surface area contributed by atoms with Gasteiger partial charge in [0.1, 0.15) is 5.82 Å². The van der Waals surface area contributed by atoms with Gasteiger partial charge in [0, 0.05) is 32.4 Å². The maximum Gasteiger partial charge on any atom is 0.255 e. The number of carbonyl (C=O) groups is 1. The molecule has 1 amide bonds. The molecular formula is C19H24N4O. The van der Waals surface area contributed by atoms with E-state index in [2.05, 4.69) is 27.1 Å². The predicted molar refractivity (Wildman–Crippen MR) is 96.3 cm³/mol. The minimum Gasteiger partial charge on any atom is -0.353 e. The Balaban J connectivity index is 1.75. The molecule has 1 unspecified atom stereocenters. The number of hydrogen-bond donors (Lipinski definition) is 1. The highest BCUT2D eigenvalue weighted by Gasteiger charge is 2.22. The van der Waals surface area contributed by atoms with E-state index in [1.54, 1.807) is 6.20 Å². The number of anilines is 1. The van der Waals surface area contributed by atoms with Crippen molar-refractivity contribution in [1.29, 1.82) is 0 Å². The molecule has 0 saturated carbocycles. The van der Waals surface area contributed by atoms with Crippen molar-refractivity contribution >= 4 is 11.7 Å². The molecular weight excluding hydrogens is 300 g/mol. The fourth-order valence-electron chi connectivity index (χ4n) is 2.94. The Bertz CT molecular complexity index is 681. The van der Waals surface area contributed by atoms with Gasteiger partial charge in [0.05, 0.1) is 11.6 Å². The van der Waals surface area contributed by atoms with E-state index in [-0.39, 0.29) is 11.9 Å². The van der Waals surface area contributed by atoms with E-state index in [0.717, 1.165) is 37.6 Å². The lowest BCUT2D eigenvalue weighted by molar-refractivity contribution is 0.0940. The quantitative estimate of drug-likeness (QED) is 0.938. The van der Waals surface area contributed by atoms with Crippen LogP contribution in [0.2, 0.25) is 0 Å². The molecule has 0 radical (unpaired) electrons. The van der Waals surface area contributed by atoms with Crippen LogP contribution in [0.15, 0.2) is 48.7 Å². The van der Waals surface area contributed by atoms with Crippen molar-refractivity contribution in [3.8, 4) is 0 Å². The van der Waals surface area contributed by atoms with Crippen LogP contribution in [0, 0.1) is 0 Å². The second kappa shape index (κ2) is 7.45. The number of aromatic nitrogens is 1. The number of piperazine rings is 1. The Morgan fingerprint density at radius 2 is 1.79 bits per heavy atom. The van der Waals surface area contributed by atoms with Gasteiger partial charge in [-0.2, -0.15) is 0 Å². The zero-order valence-corrected chi connectivity index (χ0v) is 14.3. The first-order chi connectivity index (χ1) is 11.6. The van der Waals surface area contributed by atoms with Crippen LogP contribution in [-0.4, -0.2) is 49.0 Å². The summed E-state index contributed by atoms with van der Waals surface area (Å²) in [5.74, 6) is 0.705. The lowest BCUT2D eigenvalue weighted by Gasteiger charge is -2.34. The monoisotopic (exact) mass is 324 g/mol. The van der Waals surface area contributed by atoms with Crippen LogP contribution in [0.4, 0.5) is 5.82 Å². The molecule has 1 aliphatic heterocycles. The molecule has 24 heavy (non-hydrogen) atoms. The molecule has 126 valence electrons. The van der Waals surface area contributed by atoms with E-state index in [4.69, 9.17) is 0 Å². The Morgan fingerprint density at radius 3 is 2.50 bits per heavy atom. The summed E-state index contributed by atoms with van der Waals surface area (Å²) in [4.78, 5) is 21.7. The Morgan fingerprint density at radius 1 is 1.08 bits per heavy atom. The van der Waals surface area contributed by atoms with E-state index in [1.165, 1.54) is 0 Å². The molecule has 5 nitrogen and oxygen atoms in total. The third-order valence-corrected chi connectivity index (χ3v) is 4.48. The van der Waals surface area contributed by atoms with Crippen molar-refractivity contribution in [2.24, 2.45) is 0 Å². The van der Waals surface area contributed by atoms with Gasteiger partial charge in [0.25, 0.3) is 5.91 Å². The lowest BCUT2D eigenvalue weighted by atomic mass is 10.1. The summed E-state index contributed by atoms with van der Waals surface area (Å²) in [5.41, 5.74) is 1.74. The van der Waals surface area contributed by atoms with Crippen LogP contribution in [0.3, 0.4) is 0 Å². The number of benzene rings is 1. The van der Waals surface area contributed by atoms with Crippen molar-refractivity contribution < 1.29 is 4.79 Å². The molecule has 1 atom stereocenters. The first-order valence-electron chi connectivity index (χ1n) is 8.39. The van der Waals surface area contributed by atoms with Gasteiger partial charge in [-0.15, -0.1) is 0 Å². The van der Waals surface area contributed by atoms with Gasteiger partial charge in [-0.3, -0.25) is 4.79 Å². The Hall–Kier alpha value is -2.40. The highest BCUT2D eigenvalue weighted by molar-refractivity contribution is 5.99. The van der Waals surface area contributed by atoms with Crippen molar-refractivity contribution in [2.75, 3.05) is 38.1 Å². The average Bonchev–Trinajstić information content (AvgIpc) is 2.63. The van der Waals surface area contributed by atoms with Crippen LogP contribution >= 0.6 is 0 Å². The number of carbonyl (C=O) groups excluding carboxylic acids is 1. The summed E-state index contributed by atoms with van der Waals surface area (Å²) in [6.45, 7) is 5.75. The van der Waals surface area contributed by atoms with Crippen LogP contribution < -0.4 is 10.2 Å². The van der Waals surface area contributed by atoms with Crippen LogP contribution in [0.5, 0.6) is 0 Å². The lowest BCUT2D eigenvalue weighted by Crippen LogP contribution is -2.45. The maximum absolute atomic E-state index is 12.8. The summed E-state index contributed by atoms with van der Waals surface area (Å²) < 4.78 is 0. The predicted octanol–water partition coefficient (Wildman–Crippen LogP) is 2.32. The fraction of sp³-hybridized carbons (Fsp3) is 0.368. The van der Waals surface area contributed by atoms with Crippen LogP contribution in [0.1, 0.15) is 28.9 Å². The number of nitrogens with zero attached hydrogens (tertiary/aromatic N) is 3. The molecule has 3 rings (SSSR count). The van der Waals surface area contributed by atoms with Crippen LogP contribution in [0.25, 0.3) is 0 Å². The summed E-state index contributed by atoms with van der Waals surface area (Å²) in [5, 5.41) is 3.08. The number of amides is 1. The molecule has 1 aliphatic rings. The molecule has 0 aliphatic carbocycles. The summed E-state index contributed by atoms with van der Waals surface area (Å²) in [6, 6.07) is 13.6. The number of hydrogen-bond acceptors (Lipinski definition) is 4. The normalized spacial score (nSPS) is 16.7. The Kier molecular flexibility index (Phi) is 5.11. The molecule has 0 spiro atoms. The minimum atomic E-state index is -0.0756. The smallest absolute Gasteiger partial charge is 0.255 e. The van der Waals surface area contributed by atoms with E-state index >= 15 is 0 Å². The van der Waals surface area contributed by atoms with E-state index in [1.807, 2.05) is 49.4 Å². The number of nitrogens with one attached hydrogen (secondary N) is 1. The average molecular weight is 324 g/mol. The van der Waals surface area contributed by atoms with Crippen LogP contribution in [-0.2, 0) is 0 Å². The van der Waals surface area contributed by atoms with Gasteiger partial charge in [-0.25, -0.2) is 4.98 Å². The highest BCUT2D eigenvalue weighted by atomic mass is 16.1. The molecule has 2 aromatic rings. The first-order valence-corrected chi connectivity index (χ1v) is 8.39. The minimum absolute atomic E-state index is 0.0424. The highest BCUT2D eigenvalue weighted by Crippen LogP contribution is 2.20. The van der Waals surface area contributed by atoms with Crippen molar-refractivity contribution in [1.82, 2.24) is 15.2 Å². The third kappa shape index (κ3) is 3.74. The summed E-state index contributed by atoms with van der Waals surface area (Å²) in [7, 11) is 2.12. The van der Waals surface area contributed by atoms with Gasteiger partial charge < -0.3 is 15.1 Å². The van der Waals surface area contributed by atoms with E-state index < -0.39 is 0 Å². The third-order valence-electron chi connectivity index (χ3n) is 4.48. The second-order valence-electron chi connectivity index (χ2n) is 6.27. The van der Waals surface area contributed by atoms with Crippen molar-refractivity contribution in [3.05, 3.63) is 59.8 Å². The second-order valence-corrected chi connectivity index (χ2v) is 6.27. The number of likely N-dealkylation sites (N-methyl/N-ethyl adjacent to an activating group) is 1. The maximum atomic E-state index is 12.8. The molecule has 1 aromatic heterocycles. The summed E-state index contributed by atoms with van der Waals surface area (Å²) in [6.07, 6.45) is 1.76. The number of rotatable bonds is 4. The molecule has 1 fully saturated rings. The van der Waals surface area contributed by atoms with Gasteiger partial charge in [-0.05, 0) is 31.7 Å². The van der Waals surface area contributed by atoms with Gasteiger partial charge >= 0.3 is 0 Å². The number of pyridine rings is 1. The molecule has 1 N–H and O–H groups in total. The zero-order valence-electron chi connectivity index (χ0n) is 14.3. The molecule has 1 aromatic carbocycles. The largest absolute Gasteiger partial charge is 0.353 e. The van der Waals surface area contributed by atoms with Gasteiger partial charge in [0.15, 0.2) is 0 Å². The fourth-order valence-corrected chi connectivity index (χ4v) is 2.94. The molecule has 1 saturated heterocycles. The zero-order chi connectivity index (χ0) is 16.9. The SMILES string of the molecule is CC(NC(=O)c1cccnc1N1CCN(C)CC1)c1ccccc1. The standard InChI is InChI=1S/C19H24N4O/c1-15(16-7-4-3-5-8-16)21-19(24)17-9-6-10-20-18(17)23-13-11-22(2)12-14-23/h3-10,15H,11-14H2,1-2H3,(H,21,24). The van der Waals surface area contributed by atoms with E-state index in [0.29, 0.717) is 5.56 Å². The topological polar surface area (TPSA) is 48.5 Å². The van der Waals surface area contributed by atoms with Gasteiger partial charge in [0.2, 0.25) is 0 Å². The van der Waals surface area contributed by atoms with E-state index in [9.17, 15) is 4.79 Å². The Labute approximate surface area is 143 Å². The summed E-state index contributed by atoms with van der Waals surface area (Å²) >= 11 is 0. The molecule has 5 heteroatoms. The first kappa shape index (κ1) is 16.5. The molecule has 0 bridgehead atoms.